The maximum atomic E-state index is 12.0. The van der Waals surface area contributed by atoms with E-state index in [0.717, 1.165) is 19.3 Å². The number of hydrogen-bond acceptors (Lipinski definition) is 1. The third kappa shape index (κ3) is 4.35. The molecule has 2 aromatic carbocycles. The number of carbonyl (C=O) groups excluding carboxylic acids is 1. The maximum Gasteiger partial charge on any atom is 0.314 e. The van der Waals surface area contributed by atoms with Crippen molar-refractivity contribution in [2.75, 3.05) is 13.1 Å². The normalized spacial score (nSPS) is 16.4. The molecule has 0 aromatic heterocycles. The lowest BCUT2D eigenvalue weighted by molar-refractivity contribution is 0.240. The van der Waals surface area contributed by atoms with Crippen LogP contribution in [-0.2, 0) is 12.8 Å². The molecule has 3 rings (SSSR count). The summed E-state index contributed by atoms with van der Waals surface area (Å²) in [6, 6.07) is 18.8. The number of amides is 2. The van der Waals surface area contributed by atoms with Crippen LogP contribution in [0.4, 0.5) is 4.79 Å². The number of carbonyl (C=O) groups is 1. The molecule has 0 bridgehead atoms. The molecule has 2 amide bonds. The zero-order valence-electron chi connectivity index (χ0n) is 13.4. The standard InChI is InChI=1S/C20H24N2O/c23-20(21-14-13-16-7-2-1-3-8-16)22-15-18-11-6-10-17-9-4-5-12-19(17)18/h1-5,7-9,12,18H,6,10-11,13-15H2,(H2,21,22,23). The van der Waals surface area contributed by atoms with Crippen LogP contribution in [0.25, 0.3) is 0 Å². The molecule has 3 heteroatoms. The van der Waals surface area contributed by atoms with Crippen LogP contribution >= 0.6 is 0 Å². The van der Waals surface area contributed by atoms with Gasteiger partial charge in [-0.25, -0.2) is 4.79 Å². The lowest BCUT2D eigenvalue weighted by Gasteiger charge is -2.25. The minimum absolute atomic E-state index is 0.0658. The number of benzene rings is 2. The first-order valence-corrected chi connectivity index (χ1v) is 8.46. The van der Waals surface area contributed by atoms with Crippen LogP contribution < -0.4 is 10.6 Å². The first-order valence-electron chi connectivity index (χ1n) is 8.46. The van der Waals surface area contributed by atoms with Gasteiger partial charge in [-0.15, -0.1) is 0 Å². The van der Waals surface area contributed by atoms with Crippen molar-refractivity contribution in [2.45, 2.75) is 31.6 Å². The molecule has 1 atom stereocenters. The van der Waals surface area contributed by atoms with E-state index in [1.807, 2.05) is 18.2 Å². The highest BCUT2D eigenvalue weighted by atomic mass is 16.2. The summed E-state index contributed by atoms with van der Waals surface area (Å²) in [6.07, 6.45) is 4.39. The summed E-state index contributed by atoms with van der Waals surface area (Å²) in [4.78, 5) is 12.0. The monoisotopic (exact) mass is 308 g/mol. The Balaban J connectivity index is 1.43. The molecule has 120 valence electrons. The Morgan fingerprint density at radius 2 is 1.78 bits per heavy atom. The van der Waals surface area contributed by atoms with E-state index in [2.05, 4.69) is 47.0 Å². The van der Waals surface area contributed by atoms with Gasteiger partial charge in [0.2, 0.25) is 0 Å². The second kappa shape index (κ2) is 7.82. The summed E-state index contributed by atoms with van der Waals surface area (Å²) in [6.45, 7) is 1.38. The molecule has 0 aliphatic heterocycles. The largest absolute Gasteiger partial charge is 0.338 e. The predicted molar refractivity (Wildman–Crippen MR) is 93.7 cm³/mol. The second-order valence-corrected chi connectivity index (χ2v) is 6.16. The van der Waals surface area contributed by atoms with Crippen LogP contribution in [0.2, 0.25) is 0 Å². The number of aryl methyl sites for hydroxylation is 1. The summed E-state index contributed by atoms with van der Waals surface area (Å²) in [5, 5.41) is 5.97. The molecule has 0 saturated carbocycles. The third-order valence-corrected chi connectivity index (χ3v) is 4.54. The van der Waals surface area contributed by atoms with E-state index in [4.69, 9.17) is 0 Å². The molecule has 0 radical (unpaired) electrons. The molecule has 23 heavy (non-hydrogen) atoms. The summed E-state index contributed by atoms with van der Waals surface area (Å²) < 4.78 is 0. The van der Waals surface area contributed by atoms with Crippen molar-refractivity contribution in [1.82, 2.24) is 10.6 Å². The van der Waals surface area contributed by atoms with E-state index in [1.54, 1.807) is 0 Å². The molecule has 2 N–H and O–H groups in total. The average molecular weight is 308 g/mol. The van der Waals surface area contributed by atoms with Crippen molar-refractivity contribution in [3.05, 3.63) is 71.3 Å². The molecule has 0 heterocycles. The molecule has 2 aromatic rings. The van der Waals surface area contributed by atoms with Crippen LogP contribution in [0, 0.1) is 0 Å². The lowest BCUT2D eigenvalue weighted by atomic mass is 9.83. The zero-order chi connectivity index (χ0) is 15.9. The van der Waals surface area contributed by atoms with Crippen molar-refractivity contribution < 1.29 is 4.79 Å². The molecule has 1 aliphatic rings. The third-order valence-electron chi connectivity index (χ3n) is 4.54. The number of fused-ring (bicyclic) bond motifs is 1. The highest BCUT2D eigenvalue weighted by Crippen LogP contribution is 2.30. The Kier molecular flexibility index (Phi) is 5.30. The van der Waals surface area contributed by atoms with Crippen molar-refractivity contribution >= 4 is 6.03 Å². The van der Waals surface area contributed by atoms with E-state index < -0.39 is 0 Å². The summed E-state index contributed by atoms with van der Waals surface area (Å²) in [5.41, 5.74) is 4.09. The van der Waals surface area contributed by atoms with Gasteiger partial charge in [-0.1, -0.05) is 54.6 Å². The summed E-state index contributed by atoms with van der Waals surface area (Å²) in [5.74, 6) is 0.444. The van der Waals surface area contributed by atoms with Gasteiger partial charge in [0.1, 0.15) is 0 Å². The number of nitrogens with one attached hydrogen (secondary N) is 2. The molecular formula is C20H24N2O. The summed E-state index contributed by atoms with van der Waals surface area (Å²) >= 11 is 0. The Bertz CT molecular complexity index is 639. The quantitative estimate of drug-likeness (QED) is 0.870. The van der Waals surface area contributed by atoms with Crippen molar-refractivity contribution in [3.8, 4) is 0 Å². The Labute approximate surface area is 138 Å². The van der Waals surface area contributed by atoms with E-state index in [1.165, 1.54) is 23.1 Å². The first-order chi connectivity index (χ1) is 11.3. The average Bonchev–Trinajstić information content (AvgIpc) is 2.61. The fourth-order valence-electron chi connectivity index (χ4n) is 3.31. The molecule has 3 nitrogen and oxygen atoms in total. The van der Waals surface area contributed by atoms with Gasteiger partial charge in [-0.05, 0) is 42.4 Å². The minimum atomic E-state index is -0.0658. The van der Waals surface area contributed by atoms with Gasteiger partial charge in [0.25, 0.3) is 0 Å². The molecule has 0 spiro atoms. The van der Waals surface area contributed by atoms with E-state index in [0.29, 0.717) is 19.0 Å². The van der Waals surface area contributed by atoms with Crippen LogP contribution in [0.1, 0.15) is 35.4 Å². The van der Waals surface area contributed by atoms with Crippen molar-refractivity contribution in [1.29, 1.82) is 0 Å². The van der Waals surface area contributed by atoms with Gasteiger partial charge in [-0.3, -0.25) is 0 Å². The zero-order valence-corrected chi connectivity index (χ0v) is 13.4. The van der Waals surface area contributed by atoms with Gasteiger partial charge in [-0.2, -0.15) is 0 Å². The molecule has 0 saturated heterocycles. The maximum absolute atomic E-state index is 12.0. The van der Waals surface area contributed by atoms with E-state index >= 15 is 0 Å². The highest BCUT2D eigenvalue weighted by molar-refractivity contribution is 5.73. The van der Waals surface area contributed by atoms with Crippen LogP contribution in [0.15, 0.2) is 54.6 Å². The molecule has 1 aliphatic carbocycles. The first kappa shape index (κ1) is 15.6. The lowest BCUT2D eigenvalue weighted by Crippen LogP contribution is -2.39. The minimum Gasteiger partial charge on any atom is -0.338 e. The van der Waals surface area contributed by atoms with Gasteiger partial charge >= 0.3 is 6.03 Å². The van der Waals surface area contributed by atoms with Gasteiger partial charge < -0.3 is 10.6 Å². The number of urea groups is 1. The van der Waals surface area contributed by atoms with Crippen molar-refractivity contribution in [2.24, 2.45) is 0 Å². The molecule has 1 unspecified atom stereocenters. The highest BCUT2D eigenvalue weighted by Gasteiger charge is 2.19. The van der Waals surface area contributed by atoms with Gasteiger partial charge in [0.05, 0.1) is 0 Å². The van der Waals surface area contributed by atoms with Crippen LogP contribution in [0.3, 0.4) is 0 Å². The smallest absolute Gasteiger partial charge is 0.314 e. The molecule has 0 fully saturated rings. The van der Waals surface area contributed by atoms with Crippen LogP contribution in [0.5, 0.6) is 0 Å². The second-order valence-electron chi connectivity index (χ2n) is 6.16. The number of hydrogen-bond donors (Lipinski definition) is 2. The van der Waals surface area contributed by atoms with E-state index in [-0.39, 0.29) is 6.03 Å². The SMILES string of the molecule is O=C(NCCc1ccccc1)NCC1CCCc2ccccc21. The Morgan fingerprint density at radius 1 is 1.00 bits per heavy atom. The Morgan fingerprint density at radius 3 is 2.65 bits per heavy atom. The fraction of sp³-hybridized carbons (Fsp3) is 0.350. The summed E-state index contributed by atoms with van der Waals surface area (Å²) in [7, 11) is 0. The fourth-order valence-corrected chi connectivity index (χ4v) is 3.31. The van der Waals surface area contributed by atoms with Gasteiger partial charge in [0, 0.05) is 19.0 Å². The van der Waals surface area contributed by atoms with Crippen molar-refractivity contribution in [3.63, 3.8) is 0 Å². The van der Waals surface area contributed by atoms with E-state index in [9.17, 15) is 4.79 Å². The molecular weight excluding hydrogens is 284 g/mol. The Hall–Kier alpha value is -2.29. The van der Waals surface area contributed by atoms with Crippen LogP contribution in [-0.4, -0.2) is 19.1 Å². The van der Waals surface area contributed by atoms with Gasteiger partial charge in [0.15, 0.2) is 0 Å². The predicted octanol–water partition coefficient (Wildman–Crippen LogP) is 3.65. The number of rotatable bonds is 5. The topological polar surface area (TPSA) is 41.1 Å².